The Balaban J connectivity index is 2.62. The van der Waals surface area contributed by atoms with Crippen LogP contribution >= 0.6 is 0 Å². The number of rotatable bonds is 7. The summed E-state index contributed by atoms with van der Waals surface area (Å²) in [7, 11) is 0. The molecule has 1 rings (SSSR count). The van der Waals surface area contributed by atoms with E-state index in [0.29, 0.717) is 6.61 Å². The Morgan fingerprint density at radius 2 is 1.94 bits per heavy atom. The molecule has 0 aromatic heterocycles. The van der Waals surface area contributed by atoms with Crippen LogP contribution in [0.15, 0.2) is 24.3 Å². The third kappa shape index (κ3) is 4.19. The number of nitrogens with one attached hydrogen (secondary N) is 1. The second-order valence-electron chi connectivity index (χ2n) is 4.00. The Morgan fingerprint density at radius 3 is 2.47 bits per heavy atom. The normalized spacial score (nSPS) is 12.2. The fourth-order valence-corrected chi connectivity index (χ4v) is 1.59. The standard InChI is InChI=1S/C14H21NO2/c1-4-10-15-11(3)14(16)12-6-8-13(9-7-12)17-5-2/h6-9,11,15H,4-5,10H2,1-3H3. The van der Waals surface area contributed by atoms with Gasteiger partial charge in [-0.2, -0.15) is 0 Å². The summed E-state index contributed by atoms with van der Waals surface area (Å²) < 4.78 is 5.34. The van der Waals surface area contributed by atoms with Crippen LogP contribution in [0.2, 0.25) is 0 Å². The van der Waals surface area contributed by atoms with Crippen LogP contribution in [0.3, 0.4) is 0 Å². The summed E-state index contributed by atoms with van der Waals surface area (Å²) in [4.78, 5) is 12.0. The lowest BCUT2D eigenvalue weighted by Gasteiger charge is -2.12. The van der Waals surface area contributed by atoms with Gasteiger partial charge in [-0.05, 0) is 51.1 Å². The van der Waals surface area contributed by atoms with Gasteiger partial charge in [-0.25, -0.2) is 0 Å². The molecular weight excluding hydrogens is 214 g/mol. The second-order valence-corrected chi connectivity index (χ2v) is 4.00. The second kappa shape index (κ2) is 7.07. The van der Waals surface area contributed by atoms with Gasteiger partial charge in [0.2, 0.25) is 0 Å². The Morgan fingerprint density at radius 1 is 1.29 bits per heavy atom. The van der Waals surface area contributed by atoms with Crippen molar-refractivity contribution in [3.8, 4) is 5.75 Å². The summed E-state index contributed by atoms with van der Waals surface area (Å²) in [5.41, 5.74) is 0.726. The highest BCUT2D eigenvalue weighted by Gasteiger charge is 2.13. The number of benzene rings is 1. The van der Waals surface area contributed by atoms with Gasteiger partial charge < -0.3 is 10.1 Å². The van der Waals surface area contributed by atoms with Crippen molar-refractivity contribution in [2.24, 2.45) is 0 Å². The average Bonchev–Trinajstić information content (AvgIpc) is 2.36. The van der Waals surface area contributed by atoms with Crippen molar-refractivity contribution in [1.82, 2.24) is 5.32 Å². The van der Waals surface area contributed by atoms with Crippen LogP contribution in [0.1, 0.15) is 37.6 Å². The lowest BCUT2D eigenvalue weighted by molar-refractivity contribution is 0.0951. The SMILES string of the molecule is CCCNC(C)C(=O)c1ccc(OCC)cc1. The van der Waals surface area contributed by atoms with E-state index in [-0.39, 0.29) is 11.8 Å². The summed E-state index contributed by atoms with van der Waals surface area (Å²) in [6, 6.07) is 7.18. The van der Waals surface area contributed by atoms with Gasteiger partial charge in [0.05, 0.1) is 12.6 Å². The number of carbonyl (C=O) groups is 1. The summed E-state index contributed by atoms with van der Waals surface area (Å²) >= 11 is 0. The molecule has 3 heteroatoms. The van der Waals surface area contributed by atoms with Gasteiger partial charge >= 0.3 is 0 Å². The van der Waals surface area contributed by atoms with Crippen LogP contribution in [0.5, 0.6) is 5.75 Å². The Labute approximate surface area is 103 Å². The molecule has 17 heavy (non-hydrogen) atoms. The molecule has 0 radical (unpaired) electrons. The molecule has 0 spiro atoms. The third-order valence-electron chi connectivity index (χ3n) is 2.54. The van der Waals surface area contributed by atoms with E-state index in [9.17, 15) is 4.79 Å². The number of ether oxygens (including phenoxy) is 1. The van der Waals surface area contributed by atoms with Crippen molar-refractivity contribution in [3.63, 3.8) is 0 Å². The van der Waals surface area contributed by atoms with Gasteiger partial charge in [-0.3, -0.25) is 4.79 Å². The van der Waals surface area contributed by atoms with Gasteiger partial charge in [0.1, 0.15) is 5.75 Å². The predicted molar refractivity (Wildman–Crippen MR) is 69.7 cm³/mol. The fraction of sp³-hybridized carbons (Fsp3) is 0.500. The van der Waals surface area contributed by atoms with Crippen molar-refractivity contribution < 1.29 is 9.53 Å². The molecule has 1 unspecified atom stereocenters. The summed E-state index contributed by atoms with van der Waals surface area (Å²) in [6.45, 7) is 7.43. The fourth-order valence-electron chi connectivity index (χ4n) is 1.59. The maximum Gasteiger partial charge on any atom is 0.179 e. The summed E-state index contributed by atoms with van der Waals surface area (Å²) in [6.07, 6.45) is 1.03. The first kappa shape index (κ1) is 13.7. The van der Waals surface area contributed by atoms with Gasteiger partial charge in [0.25, 0.3) is 0 Å². The number of hydrogen-bond acceptors (Lipinski definition) is 3. The summed E-state index contributed by atoms with van der Waals surface area (Å²) in [5, 5.41) is 3.19. The molecule has 0 aliphatic rings. The monoisotopic (exact) mass is 235 g/mol. The van der Waals surface area contributed by atoms with Crippen LogP contribution in [0, 0.1) is 0 Å². The molecular formula is C14H21NO2. The molecule has 0 saturated carbocycles. The first-order chi connectivity index (χ1) is 8.19. The minimum Gasteiger partial charge on any atom is -0.494 e. The van der Waals surface area contributed by atoms with Crippen molar-refractivity contribution in [2.45, 2.75) is 33.2 Å². The predicted octanol–water partition coefficient (Wildman–Crippen LogP) is 2.66. The molecule has 0 fully saturated rings. The highest BCUT2D eigenvalue weighted by atomic mass is 16.5. The molecule has 1 atom stereocenters. The van der Waals surface area contributed by atoms with Gasteiger partial charge in [-0.15, -0.1) is 0 Å². The van der Waals surface area contributed by atoms with E-state index < -0.39 is 0 Å². The molecule has 1 N–H and O–H groups in total. The minimum atomic E-state index is -0.132. The van der Waals surface area contributed by atoms with E-state index in [1.807, 2.05) is 38.1 Å². The first-order valence-electron chi connectivity index (χ1n) is 6.19. The Hall–Kier alpha value is -1.35. The first-order valence-corrected chi connectivity index (χ1v) is 6.19. The van der Waals surface area contributed by atoms with Crippen molar-refractivity contribution >= 4 is 5.78 Å². The molecule has 0 heterocycles. The van der Waals surface area contributed by atoms with E-state index in [1.165, 1.54) is 0 Å². The molecule has 0 aliphatic heterocycles. The number of Topliss-reactive ketones (excluding diaryl/α,β-unsaturated/α-hetero) is 1. The smallest absolute Gasteiger partial charge is 0.179 e. The molecule has 94 valence electrons. The quantitative estimate of drug-likeness (QED) is 0.738. The number of ketones is 1. The minimum absolute atomic E-state index is 0.126. The van der Waals surface area contributed by atoms with Crippen molar-refractivity contribution in [1.29, 1.82) is 0 Å². The molecule has 0 amide bonds. The summed E-state index contributed by atoms with van der Waals surface area (Å²) in [5.74, 6) is 0.930. The van der Waals surface area contributed by atoms with Crippen molar-refractivity contribution in [2.75, 3.05) is 13.2 Å². The van der Waals surface area contributed by atoms with E-state index in [4.69, 9.17) is 4.74 Å². The van der Waals surface area contributed by atoms with E-state index in [2.05, 4.69) is 12.2 Å². The topological polar surface area (TPSA) is 38.3 Å². The largest absolute Gasteiger partial charge is 0.494 e. The van der Waals surface area contributed by atoms with Crippen LogP contribution < -0.4 is 10.1 Å². The van der Waals surface area contributed by atoms with Gasteiger partial charge in [0, 0.05) is 5.56 Å². The molecule has 1 aromatic rings. The zero-order valence-electron chi connectivity index (χ0n) is 10.8. The maximum absolute atomic E-state index is 12.0. The van der Waals surface area contributed by atoms with Crippen molar-refractivity contribution in [3.05, 3.63) is 29.8 Å². The van der Waals surface area contributed by atoms with Gasteiger partial charge in [-0.1, -0.05) is 6.92 Å². The van der Waals surface area contributed by atoms with Crippen LogP contribution in [0.25, 0.3) is 0 Å². The molecule has 0 saturated heterocycles. The van der Waals surface area contributed by atoms with Crippen LogP contribution in [-0.4, -0.2) is 25.0 Å². The lowest BCUT2D eigenvalue weighted by atomic mass is 10.1. The number of carbonyl (C=O) groups excluding carboxylic acids is 1. The highest BCUT2D eigenvalue weighted by molar-refractivity contribution is 5.99. The van der Waals surface area contributed by atoms with E-state index in [1.54, 1.807) is 0 Å². The van der Waals surface area contributed by atoms with E-state index >= 15 is 0 Å². The number of hydrogen-bond donors (Lipinski definition) is 1. The molecule has 0 bridgehead atoms. The van der Waals surface area contributed by atoms with Gasteiger partial charge in [0.15, 0.2) is 5.78 Å². The third-order valence-corrected chi connectivity index (χ3v) is 2.54. The molecule has 0 aliphatic carbocycles. The van der Waals surface area contributed by atoms with Crippen LogP contribution in [0.4, 0.5) is 0 Å². The Kier molecular flexibility index (Phi) is 5.70. The molecule has 1 aromatic carbocycles. The average molecular weight is 235 g/mol. The highest BCUT2D eigenvalue weighted by Crippen LogP contribution is 2.13. The zero-order valence-corrected chi connectivity index (χ0v) is 10.8. The maximum atomic E-state index is 12.0. The van der Waals surface area contributed by atoms with Crippen LogP contribution in [-0.2, 0) is 0 Å². The lowest BCUT2D eigenvalue weighted by Crippen LogP contribution is -2.34. The molecule has 3 nitrogen and oxygen atoms in total. The zero-order chi connectivity index (χ0) is 12.7. The Bertz CT molecular complexity index is 346. The van der Waals surface area contributed by atoms with E-state index in [0.717, 1.165) is 24.3 Å².